The highest BCUT2D eigenvalue weighted by molar-refractivity contribution is 6.25. The van der Waals surface area contributed by atoms with Gasteiger partial charge in [0.05, 0.1) is 77.6 Å². The van der Waals surface area contributed by atoms with Crippen LogP contribution in [-0.4, -0.2) is 62.3 Å². The summed E-state index contributed by atoms with van der Waals surface area (Å²) < 4.78 is 14.1. The van der Waals surface area contributed by atoms with Crippen molar-refractivity contribution in [2.45, 2.75) is 0 Å². The molecule has 13 nitrogen and oxygen atoms in total. The summed E-state index contributed by atoms with van der Waals surface area (Å²) in [6.07, 6.45) is 0. The van der Waals surface area contributed by atoms with Crippen LogP contribution in [0.3, 0.4) is 0 Å². The lowest BCUT2D eigenvalue weighted by Crippen LogP contribution is -2.07. The van der Waals surface area contributed by atoms with Crippen LogP contribution in [-0.2, 0) is 0 Å². The molecule has 9 aromatic heterocycles. The number of benzene rings is 20. The first kappa shape index (κ1) is 83.7. The second kappa shape index (κ2) is 35.4. The van der Waals surface area contributed by atoms with Gasteiger partial charge in [0.2, 0.25) is 5.95 Å². The van der Waals surface area contributed by atoms with Gasteiger partial charge in [-0.25, -0.2) is 24.9 Å². The summed E-state index contributed by atoms with van der Waals surface area (Å²) in [7, 11) is 0. The van der Waals surface area contributed by atoms with E-state index >= 15 is 0 Å². The van der Waals surface area contributed by atoms with Crippen molar-refractivity contribution in [3.05, 3.63) is 516 Å². The molecule has 0 amide bonds. The quantitative estimate of drug-likeness (QED) is 0.106. The number of fused-ring (bicyclic) bond motifs is 19. The minimum atomic E-state index is 0.585. The van der Waals surface area contributed by atoms with Crippen molar-refractivity contribution < 1.29 is 0 Å². The van der Waals surface area contributed by atoms with Crippen LogP contribution in [0, 0.1) is 0 Å². The Labute approximate surface area is 828 Å². The van der Waals surface area contributed by atoms with Crippen LogP contribution in [0.4, 0.5) is 0 Å². The van der Waals surface area contributed by atoms with Crippen LogP contribution >= 0.6 is 0 Å². The Morgan fingerprint density at radius 2 is 0.375 bits per heavy atom. The van der Waals surface area contributed by atoms with E-state index in [0.29, 0.717) is 35.1 Å². The first-order valence-electron chi connectivity index (χ1n) is 48.6. The normalized spacial score (nSPS) is 11.6. The molecule has 29 aromatic rings. The lowest BCUT2D eigenvalue weighted by molar-refractivity contribution is 0.953. The molecule has 0 saturated carbocycles. The third kappa shape index (κ3) is 14.6. The maximum Gasteiger partial charge on any atom is 0.238 e. The van der Waals surface area contributed by atoms with Crippen LogP contribution in [0.15, 0.2) is 516 Å². The summed E-state index contributed by atoms with van der Waals surface area (Å²) >= 11 is 0. The Hall–Kier alpha value is -19.6. The van der Waals surface area contributed by atoms with E-state index in [1.54, 1.807) is 0 Å². The van der Waals surface area contributed by atoms with Crippen LogP contribution < -0.4 is 0 Å². The van der Waals surface area contributed by atoms with E-state index in [2.05, 4.69) is 416 Å². The van der Waals surface area contributed by atoms with Crippen LogP contribution in [0.25, 0.3) is 256 Å². The summed E-state index contributed by atoms with van der Waals surface area (Å²) in [5.74, 6) is 3.78. The topological polar surface area (TPSA) is 120 Å². The lowest BCUT2D eigenvalue weighted by Gasteiger charge is -2.13. The van der Waals surface area contributed by atoms with Gasteiger partial charge in [0, 0.05) is 132 Å². The zero-order chi connectivity index (χ0) is 95.1. The Balaban J connectivity index is 0.000000108. The van der Waals surface area contributed by atoms with Crippen molar-refractivity contribution in [1.82, 2.24) is 62.3 Å². The van der Waals surface area contributed by atoms with Gasteiger partial charge in [-0.15, -0.1) is 0 Å². The van der Waals surface area contributed by atoms with Crippen molar-refractivity contribution in [2.24, 2.45) is 0 Å². The van der Waals surface area contributed by atoms with Crippen LogP contribution in [0.1, 0.15) is 0 Å². The summed E-state index contributed by atoms with van der Waals surface area (Å²) in [5, 5.41) is 14.6. The average Bonchev–Trinajstić information content (AvgIpc) is 1.55. The molecule has 13 heteroatoms. The Bertz CT molecular complexity index is 9890. The molecule has 0 aliphatic heterocycles. The largest absolute Gasteiger partial charge is 0.309 e. The first-order chi connectivity index (χ1) is 71.4. The molecule has 0 saturated heterocycles. The lowest BCUT2D eigenvalue weighted by atomic mass is 10.0. The van der Waals surface area contributed by atoms with E-state index in [9.17, 15) is 0 Å². The predicted molar refractivity (Wildman–Crippen MR) is 593 cm³/mol. The molecule has 29 rings (SSSR count). The molecule has 0 N–H and O–H groups in total. The van der Waals surface area contributed by atoms with E-state index in [1.165, 1.54) is 104 Å². The summed E-state index contributed by atoms with van der Waals surface area (Å²) in [4.78, 5) is 35.3. The zero-order valence-electron chi connectivity index (χ0n) is 77.9. The molecule has 0 atom stereocenters. The van der Waals surface area contributed by atoms with Gasteiger partial charge >= 0.3 is 0 Å². The SMILES string of the molecule is c1ccc(-c2cccc(-c3cccc(-n4c5ccccc5c5cc(-c6ccc7c(c6)c6ccccc6n7-c6ccccc6)ccc54)c3)n2)cc1.c1ccc(-c2nc(-c3ccccc3)nc(-c3cccc(-n4c5ccccc5c5cc6c7ccccc7n(-c7ccccc7)c6cc54)c3)n2)cc1.c1ccc(-c2nc(-c3ccccc3)nc(-n3c4ccccc4c4ccc5c6ccccc6n(-c6ccccc6)c5c43)n2)cc1. The Morgan fingerprint density at radius 1 is 0.118 bits per heavy atom. The fourth-order valence-electron chi connectivity index (χ4n) is 21.3. The fourth-order valence-corrected chi connectivity index (χ4v) is 21.3. The molecule has 0 aliphatic carbocycles. The van der Waals surface area contributed by atoms with Crippen molar-refractivity contribution in [3.8, 4) is 125 Å². The third-order valence-corrected chi connectivity index (χ3v) is 27.8. The number of hydrogen-bond donors (Lipinski definition) is 0. The zero-order valence-corrected chi connectivity index (χ0v) is 77.9. The molecule has 20 aromatic carbocycles. The van der Waals surface area contributed by atoms with Crippen LogP contribution in [0.5, 0.6) is 0 Å². The van der Waals surface area contributed by atoms with Gasteiger partial charge in [-0.3, -0.25) is 4.57 Å². The van der Waals surface area contributed by atoms with Gasteiger partial charge in [-0.05, 0) is 157 Å². The molecule has 9 heterocycles. The Kier molecular flexibility index (Phi) is 20.6. The third-order valence-electron chi connectivity index (χ3n) is 27.8. The van der Waals surface area contributed by atoms with Crippen molar-refractivity contribution in [1.29, 1.82) is 0 Å². The highest BCUT2D eigenvalue weighted by atomic mass is 15.2. The van der Waals surface area contributed by atoms with Gasteiger partial charge in [-0.2, -0.15) is 9.97 Å². The summed E-state index contributed by atoms with van der Waals surface area (Å²) in [6, 6.07) is 181. The van der Waals surface area contributed by atoms with Gasteiger partial charge in [0.25, 0.3) is 0 Å². The highest BCUT2D eigenvalue weighted by Crippen LogP contribution is 2.46. The first-order valence-corrected chi connectivity index (χ1v) is 48.6. The molecule has 144 heavy (non-hydrogen) atoms. The molecular formula is C131H85N13. The van der Waals surface area contributed by atoms with Crippen molar-refractivity contribution in [2.75, 3.05) is 0 Å². The molecule has 0 bridgehead atoms. The predicted octanol–water partition coefficient (Wildman–Crippen LogP) is 32.7. The van der Waals surface area contributed by atoms with Crippen molar-refractivity contribution >= 4 is 131 Å². The minimum Gasteiger partial charge on any atom is -0.309 e. The fraction of sp³-hybridized carbons (Fsp3) is 0. The minimum absolute atomic E-state index is 0.585. The molecule has 0 spiro atoms. The average molecular weight is 1840 g/mol. The van der Waals surface area contributed by atoms with Gasteiger partial charge in [-0.1, -0.05) is 370 Å². The Morgan fingerprint density at radius 3 is 0.785 bits per heavy atom. The monoisotopic (exact) mass is 1840 g/mol. The second-order valence-electron chi connectivity index (χ2n) is 36.3. The van der Waals surface area contributed by atoms with Crippen LogP contribution in [0.2, 0.25) is 0 Å². The van der Waals surface area contributed by atoms with E-state index in [-0.39, 0.29) is 0 Å². The van der Waals surface area contributed by atoms with E-state index in [0.717, 1.165) is 117 Å². The van der Waals surface area contributed by atoms with Gasteiger partial charge in [0.15, 0.2) is 29.1 Å². The molecule has 674 valence electrons. The van der Waals surface area contributed by atoms with Gasteiger partial charge in [0.1, 0.15) is 0 Å². The molecule has 0 radical (unpaired) electrons. The smallest absolute Gasteiger partial charge is 0.238 e. The number of nitrogens with zero attached hydrogens (tertiary/aromatic N) is 13. The number of para-hydroxylation sites is 9. The van der Waals surface area contributed by atoms with E-state index < -0.39 is 0 Å². The maximum absolute atomic E-state index is 5.17. The van der Waals surface area contributed by atoms with E-state index in [1.807, 2.05) is 127 Å². The van der Waals surface area contributed by atoms with Gasteiger partial charge < -0.3 is 22.8 Å². The summed E-state index contributed by atoms with van der Waals surface area (Å²) in [6.45, 7) is 0. The number of aromatic nitrogens is 13. The summed E-state index contributed by atoms with van der Waals surface area (Å²) in [5.41, 5.74) is 30.6. The van der Waals surface area contributed by atoms with Crippen molar-refractivity contribution in [3.63, 3.8) is 0 Å². The second-order valence-corrected chi connectivity index (χ2v) is 36.3. The number of pyridine rings is 1. The molecule has 0 aliphatic rings. The molecule has 0 fully saturated rings. The standard InChI is InChI=1S/C47H31N3.C45H29N5.C39H25N5/c1-3-13-32(14-4-1)42-21-12-22-43(48-42)35-15-11-18-37(29-35)50-45-24-10-8-20-39(45)41-31-34(26-28-47(41)50)33-25-27-46-40(30-33)38-19-7-9-23-44(38)49(46)36-16-5-2-6-17-36;1-4-15-30(16-5-1)43-46-44(31-17-6-2-7-18-31)48-45(47-43)32-19-14-22-34(27-32)50-40-26-13-11-24-36(40)38-28-37-35-23-10-12-25-39(35)49(41(37)29-42(38)50)33-20-8-3-9-21-33;1-4-14-26(15-5-1)37-40-38(27-16-6-2-7-17-27)42-39(41-37)44-34-23-13-11-21-30(34)32-25-24-31-29-20-10-12-22-33(29)43(35(31)36(32)44)28-18-8-3-9-19-28/h1-31H;1-29H;1-25H. The number of rotatable bonds is 14. The molecular weight excluding hydrogens is 1760 g/mol. The highest BCUT2D eigenvalue weighted by Gasteiger charge is 2.27. The van der Waals surface area contributed by atoms with E-state index in [4.69, 9.17) is 34.9 Å². The maximum atomic E-state index is 5.17. The molecule has 0 unspecified atom stereocenters. The number of hydrogen-bond acceptors (Lipinski definition) is 7.